The number of nitrogens with two attached hydrogens (primary N) is 1. The molecule has 0 spiro atoms. The lowest BCUT2D eigenvalue weighted by Gasteiger charge is -2.29. The molecule has 0 bridgehead atoms. The minimum atomic E-state index is -3.39. The molecule has 0 aliphatic carbocycles. The van der Waals surface area contributed by atoms with Crippen molar-refractivity contribution >= 4 is 22.4 Å². The predicted octanol–water partition coefficient (Wildman–Crippen LogP) is 2.73. The van der Waals surface area contributed by atoms with Crippen LogP contribution in [0.1, 0.15) is 44.6 Å². The smallest absolute Gasteiger partial charge is 0.243 e. The summed E-state index contributed by atoms with van der Waals surface area (Å²) >= 11 is 0. The van der Waals surface area contributed by atoms with E-state index in [0.29, 0.717) is 23.9 Å². The zero-order valence-electron chi connectivity index (χ0n) is 12.7. The number of hydrogen-bond acceptors (Lipinski definition) is 3. The number of halogens is 1. The Morgan fingerprint density at radius 3 is 2.48 bits per heavy atom. The van der Waals surface area contributed by atoms with Gasteiger partial charge in [-0.3, -0.25) is 0 Å². The van der Waals surface area contributed by atoms with Gasteiger partial charge in [-0.15, -0.1) is 12.4 Å². The molecule has 0 radical (unpaired) electrons. The quantitative estimate of drug-likeness (QED) is 0.922. The molecule has 1 saturated heterocycles. The topological polar surface area (TPSA) is 63.4 Å². The first-order valence-corrected chi connectivity index (χ1v) is 8.75. The molecule has 2 rings (SSSR count). The predicted molar refractivity (Wildman–Crippen MR) is 88.4 cm³/mol. The van der Waals surface area contributed by atoms with Crippen molar-refractivity contribution in [1.29, 1.82) is 0 Å². The number of benzene rings is 1. The van der Waals surface area contributed by atoms with Crippen LogP contribution in [0.2, 0.25) is 0 Å². The minimum absolute atomic E-state index is 0. The number of sulfonamides is 1. The van der Waals surface area contributed by atoms with Crippen LogP contribution in [0.3, 0.4) is 0 Å². The van der Waals surface area contributed by atoms with Crippen LogP contribution in [-0.2, 0) is 10.0 Å². The summed E-state index contributed by atoms with van der Waals surface area (Å²) in [5.74, 6) is 0.454. The monoisotopic (exact) mass is 332 g/mol. The van der Waals surface area contributed by atoms with Gasteiger partial charge < -0.3 is 5.73 Å². The zero-order valence-corrected chi connectivity index (χ0v) is 14.3. The summed E-state index contributed by atoms with van der Waals surface area (Å²) in [5, 5.41) is 0. The molecule has 1 fully saturated rings. The van der Waals surface area contributed by atoms with E-state index >= 15 is 0 Å². The van der Waals surface area contributed by atoms with Crippen molar-refractivity contribution in [3.63, 3.8) is 0 Å². The Morgan fingerprint density at radius 1 is 1.33 bits per heavy atom. The normalized spacial score (nSPS) is 21.6. The van der Waals surface area contributed by atoms with Gasteiger partial charge in [0.1, 0.15) is 0 Å². The summed E-state index contributed by atoms with van der Waals surface area (Å²) in [7, 11) is -3.39. The van der Waals surface area contributed by atoms with E-state index in [9.17, 15) is 8.42 Å². The third kappa shape index (κ3) is 4.19. The molecule has 21 heavy (non-hydrogen) atoms. The number of hydrogen-bond donors (Lipinski definition) is 1. The highest BCUT2D eigenvalue weighted by Gasteiger charge is 2.28. The van der Waals surface area contributed by atoms with Gasteiger partial charge in [-0.1, -0.05) is 26.0 Å². The van der Waals surface area contributed by atoms with Crippen LogP contribution in [0, 0.1) is 0 Å². The van der Waals surface area contributed by atoms with Crippen molar-refractivity contribution in [2.24, 2.45) is 5.73 Å². The third-order valence-electron chi connectivity index (χ3n) is 4.12. The molecule has 0 aromatic heterocycles. The van der Waals surface area contributed by atoms with E-state index in [-0.39, 0.29) is 18.4 Å². The van der Waals surface area contributed by atoms with Crippen LogP contribution in [0.15, 0.2) is 29.2 Å². The van der Waals surface area contributed by atoms with Crippen LogP contribution in [0.25, 0.3) is 0 Å². The number of rotatable bonds is 4. The molecule has 4 nitrogen and oxygen atoms in total. The first-order chi connectivity index (χ1) is 9.45. The van der Waals surface area contributed by atoms with Crippen LogP contribution < -0.4 is 5.73 Å². The summed E-state index contributed by atoms with van der Waals surface area (Å²) in [4.78, 5) is 0.374. The highest BCUT2D eigenvalue weighted by Crippen LogP contribution is 2.23. The van der Waals surface area contributed by atoms with E-state index in [4.69, 9.17) is 5.73 Å². The van der Waals surface area contributed by atoms with Gasteiger partial charge in [0, 0.05) is 19.1 Å². The Morgan fingerprint density at radius 2 is 1.95 bits per heavy atom. The number of piperidine rings is 1. The van der Waals surface area contributed by atoms with E-state index in [1.165, 1.54) is 9.87 Å². The molecule has 0 saturated carbocycles. The van der Waals surface area contributed by atoms with E-state index in [1.54, 1.807) is 12.1 Å². The van der Waals surface area contributed by atoms with Crippen molar-refractivity contribution in [2.45, 2.75) is 50.0 Å². The Labute approximate surface area is 134 Å². The van der Waals surface area contributed by atoms with Gasteiger partial charge in [0.15, 0.2) is 0 Å². The van der Waals surface area contributed by atoms with Gasteiger partial charge in [-0.05, 0) is 42.9 Å². The van der Waals surface area contributed by atoms with E-state index in [2.05, 4.69) is 13.8 Å². The highest BCUT2D eigenvalue weighted by atomic mass is 35.5. The largest absolute Gasteiger partial charge is 0.327 e. The molecule has 0 amide bonds. The van der Waals surface area contributed by atoms with Crippen molar-refractivity contribution in [3.8, 4) is 0 Å². The van der Waals surface area contributed by atoms with Crippen molar-refractivity contribution in [1.82, 2.24) is 4.31 Å². The summed E-state index contributed by atoms with van der Waals surface area (Å²) in [6.07, 6.45) is 2.79. The van der Waals surface area contributed by atoms with E-state index in [0.717, 1.165) is 19.3 Å². The van der Waals surface area contributed by atoms with Gasteiger partial charge in [0.05, 0.1) is 4.90 Å². The van der Waals surface area contributed by atoms with E-state index < -0.39 is 10.0 Å². The maximum atomic E-state index is 12.6. The lowest BCUT2D eigenvalue weighted by Crippen LogP contribution is -2.45. The maximum Gasteiger partial charge on any atom is 0.243 e. The van der Waals surface area contributed by atoms with Crippen LogP contribution in [0.5, 0.6) is 0 Å². The molecular formula is C15H25ClN2O2S. The zero-order chi connectivity index (χ0) is 14.8. The summed E-state index contributed by atoms with van der Waals surface area (Å²) in [6, 6.07) is 7.24. The lowest BCUT2D eigenvalue weighted by molar-refractivity contribution is 0.316. The van der Waals surface area contributed by atoms with Gasteiger partial charge >= 0.3 is 0 Å². The SMILES string of the molecule is CCC(C)c1ccc(S(=O)(=O)N2CCC[C@@H](N)C2)cc1.Cl. The van der Waals surface area contributed by atoms with E-state index in [1.807, 2.05) is 12.1 Å². The standard InChI is InChI=1S/C15H24N2O2S.ClH/c1-3-12(2)13-6-8-15(9-7-13)20(18,19)17-10-4-5-14(16)11-17;/h6-9,12,14H,3-5,10-11,16H2,1-2H3;1H/t12?,14-;/m1./s1. The lowest BCUT2D eigenvalue weighted by atomic mass is 9.99. The molecule has 120 valence electrons. The molecular weight excluding hydrogens is 308 g/mol. The maximum absolute atomic E-state index is 12.6. The first kappa shape index (κ1) is 18.4. The average molecular weight is 333 g/mol. The highest BCUT2D eigenvalue weighted by molar-refractivity contribution is 7.89. The van der Waals surface area contributed by atoms with Crippen molar-refractivity contribution in [2.75, 3.05) is 13.1 Å². The Hall–Kier alpha value is -0.620. The fraction of sp³-hybridized carbons (Fsp3) is 0.600. The molecule has 1 aromatic rings. The van der Waals surface area contributed by atoms with Gasteiger partial charge in [-0.25, -0.2) is 8.42 Å². The molecule has 2 N–H and O–H groups in total. The van der Waals surface area contributed by atoms with Crippen molar-refractivity contribution in [3.05, 3.63) is 29.8 Å². The molecule has 1 aliphatic heterocycles. The third-order valence-corrected chi connectivity index (χ3v) is 6.00. The first-order valence-electron chi connectivity index (χ1n) is 7.31. The second-order valence-electron chi connectivity index (χ2n) is 5.64. The second-order valence-corrected chi connectivity index (χ2v) is 7.58. The summed E-state index contributed by atoms with van der Waals surface area (Å²) in [6.45, 7) is 5.27. The Kier molecular flexibility index (Phi) is 6.66. The minimum Gasteiger partial charge on any atom is -0.327 e. The van der Waals surface area contributed by atoms with Crippen molar-refractivity contribution < 1.29 is 8.42 Å². The van der Waals surface area contributed by atoms with Crippen LogP contribution in [0.4, 0.5) is 0 Å². The molecule has 6 heteroatoms. The second kappa shape index (κ2) is 7.58. The molecule has 1 unspecified atom stereocenters. The fourth-order valence-electron chi connectivity index (χ4n) is 2.55. The van der Waals surface area contributed by atoms with Gasteiger partial charge in [-0.2, -0.15) is 4.31 Å². The molecule has 1 aliphatic rings. The average Bonchev–Trinajstić information content (AvgIpc) is 2.46. The molecule has 2 atom stereocenters. The Balaban J connectivity index is 0.00000220. The number of nitrogens with zero attached hydrogens (tertiary/aromatic N) is 1. The molecule has 1 heterocycles. The fourth-order valence-corrected chi connectivity index (χ4v) is 4.08. The van der Waals surface area contributed by atoms with Gasteiger partial charge in [0.25, 0.3) is 0 Å². The van der Waals surface area contributed by atoms with Gasteiger partial charge in [0.2, 0.25) is 10.0 Å². The molecule has 1 aromatic carbocycles. The Bertz CT molecular complexity index is 545. The van der Waals surface area contributed by atoms with Crippen LogP contribution >= 0.6 is 12.4 Å². The summed E-state index contributed by atoms with van der Waals surface area (Å²) < 4.78 is 26.6. The van der Waals surface area contributed by atoms with Crippen LogP contribution in [-0.4, -0.2) is 31.9 Å². The summed E-state index contributed by atoms with van der Waals surface area (Å²) in [5.41, 5.74) is 7.06.